The van der Waals surface area contributed by atoms with Gasteiger partial charge in [0.25, 0.3) is 0 Å². The Morgan fingerprint density at radius 1 is 1.11 bits per heavy atom. The third-order valence-corrected chi connectivity index (χ3v) is 6.63. The third-order valence-electron chi connectivity index (χ3n) is 5.37. The monoisotopic (exact) mass is 393 g/mol. The van der Waals surface area contributed by atoms with Crippen LogP contribution in [0.25, 0.3) is 26.3 Å². The van der Waals surface area contributed by atoms with Crippen LogP contribution in [0.4, 0.5) is 0 Å². The van der Waals surface area contributed by atoms with E-state index in [1.165, 1.54) is 45.4 Å². The van der Waals surface area contributed by atoms with Crippen LogP contribution in [0.2, 0.25) is 0 Å². The molecule has 0 saturated heterocycles. The molecule has 4 nitrogen and oxygen atoms in total. The number of imidazole rings is 1. The zero-order chi connectivity index (χ0) is 19.8. The Morgan fingerprint density at radius 3 is 2.68 bits per heavy atom. The highest BCUT2D eigenvalue weighted by molar-refractivity contribution is 7.22. The maximum absolute atomic E-state index is 5.41. The first-order valence-electron chi connectivity index (χ1n) is 9.96. The molecular weight excluding hydrogens is 366 g/mol. The number of aromatic nitrogens is 3. The lowest BCUT2D eigenvalue weighted by atomic mass is 10.1. The Morgan fingerprint density at radius 2 is 1.93 bits per heavy atom. The number of aryl methyl sites for hydroxylation is 4. The van der Waals surface area contributed by atoms with Gasteiger partial charge in [0.05, 0.1) is 23.4 Å². The summed E-state index contributed by atoms with van der Waals surface area (Å²) in [7, 11) is 1.71. The van der Waals surface area contributed by atoms with E-state index in [4.69, 9.17) is 14.8 Å². The molecule has 0 bridgehead atoms. The molecule has 0 aliphatic carbocycles. The van der Waals surface area contributed by atoms with Gasteiger partial charge in [-0.25, -0.2) is 9.50 Å². The molecule has 3 heterocycles. The summed E-state index contributed by atoms with van der Waals surface area (Å²) in [6, 6.07) is 8.49. The fraction of sp³-hybridized carbons (Fsp3) is 0.391. The number of unbranched alkanes of at least 4 members (excludes halogenated alkanes) is 2. The molecule has 146 valence electrons. The van der Waals surface area contributed by atoms with E-state index >= 15 is 0 Å². The second kappa shape index (κ2) is 7.55. The predicted octanol–water partition coefficient (Wildman–Crippen LogP) is 6.28. The highest BCUT2D eigenvalue weighted by Crippen LogP contribution is 2.41. The third kappa shape index (κ3) is 3.18. The van der Waals surface area contributed by atoms with Crippen LogP contribution in [0.3, 0.4) is 0 Å². The molecule has 5 heteroatoms. The maximum Gasteiger partial charge on any atom is 0.157 e. The van der Waals surface area contributed by atoms with Crippen molar-refractivity contribution >= 4 is 27.1 Å². The topological polar surface area (TPSA) is 39.4 Å². The zero-order valence-electron chi connectivity index (χ0n) is 17.3. The molecule has 4 rings (SSSR count). The van der Waals surface area contributed by atoms with Gasteiger partial charge < -0.3 is 4.74 Å². The van der Waals surface area contributed by atoms with E-state index in [1.807, 2.05) is 6.07 Å². The molecule has 3 aromatic heterocycles. The second-order valence-corrected chi connectivity index (χ2v) is 8.52. The zero-order valence-corrected chi connectivity index (χ0v) is 18.1. The molecule has 0 unspecified atom stereocenters. The van der Waals surface area contributed by atoms with Crippen molar-refractivity contribution in [1.82, 2.24) is 14.6 Å². The molecule has 0 amide bonds. The van der Waals surface area contributed by atoms with Crippen molar-refractivity contribution in [2.45, 2.75) is 53.4 Å². The Bertz CT molecular complexity index is 1160. The summed E-state index contributed by atoms with van der Waals surface area (Å²) in [5.74, 6) is 0.891. The Labute approximate surface area is 170 Å². The van der Waals surface area contributed by atoms with Crippen molar-refractivity contribution in [3.8, 4) is 16.3 Å². The van der Waals surface area contributed by atoms with Crippen molar-refractivity contribution in [3.05, 3.63) is 46.8 Å². The van der Waals surface area contributed by atoms with E-state index < -0.39 is 0 Å². The number of benzene rings is 1. The van der Waals surface area contributed by atoms with Crippen molar-refractivity contribution in [2.24, 2.45) is 0 Å². The molecule has 0 fully saturated rings. The molecule has 0 saturated carbocycles. The first-order chi connectivity index (χ1) is 13.5. The molecular formula is C23H27N3OS. The number of hydrogen-bond donors (Lipinski definition) is 0. The number of fused-ring (bicyclic) bond motifs is 2. The molecule has 0 atom stereocenters. The Kier molecular flexibility index (Phi) is 5.11. The van der Waals surface area contributed by atoms with Crippen LogP contribution >= 0.6 is 11.3 Å². The minimum absolute atomic E-state index is 0.891. The van der Waals surface area contributed by atoms with Crippen LogP contribution in [-0.2, 0) is 6.42 Å². The minimum atomic E-state index is 0.891. The van der Waals surface area contributed by atoms with Crippen molar-refractivity contribution < 1.29 is 4.74 Å². The standard InChI is InChI=1S/C23H27N3OS/c1-6-7-8-9-17-12-14(2)25-26-21(16(4)24-23(17)26)22-15(3)19-11-10-18(27-5)13-20(19)28-22/h10-13H,6-9H2,1-5H3. The second-order valence-electron chi connectivity index (χ2n) is 7.47. The summed E-state index contributed by atoms with van der Waals surface area (Å²) in [5, 5.41) is 6.11. The average Bonchev–Trinajstić information content (AvgIpc) is 3.17. The maximum atomic E-state index is 5.41. The molecule has 0 aliphatic rings. The largest absolute Gasteiger partial charge is 0.497 e. The van der Waals surface area contributed by atoms with Crippen LogP contribution in [0.15, 0.2) is 24.3 Å². The Balaban J connectivity index is 1.90. The lowest BCUT2D eigenvalue weighted by molar-refractivity contribution is 0.415. The van der Waals surface area contributed by atoms with Gasteiger partial charge in [-0.15, -0.1) is 11.3 Å². The quantitative estimate of drug-likeness (QED) is 0.362. The molecule has 0 spiro atoms. The summed E-state index contributed by atoms with van der Waals surface area (Å²) >= 11 is 1.79. The number of hydrogen-bond acceptors (Lipinski definition) is 4. The van der Waals surface area contributed by atoms with E-state index in [1.54, 1.807) is 18.4 Å². The number of thiophene rings is 1. The van der Waals surface area contributed by atoms with E-state index in [2.05, 4.69) is 50.4 Å². The molecule has 4 aromatic rings. The van der Waals surface area contributed by atoms with Gasteiger partial charge in [-0.1, -0.05) is 19.8 Å². The Hall–Kier alpha value is -2.40. The number of methoxy groups -OCH3 is 1. The first kappa shape index (κ1) is 18.9. The highest BCUT2D eigenvalue weighted by atomic mass is 32.1. The van der Waals surface area contributed by atoms with Crippen molar-refractivity contribution in [1.29, 1.82) is 0 Å². The normalized spacial score (nSPS) is 11.6. The van der Waals surface area contributed by atoms with Crippen LogP contribution in [0.5, 0.6) is 5.75 Å². The lowest BCUT2D eigenvalue weighted by Crippen LogP contribution is -2.01. The van der Waals surface area contributed by atoms with Gasteiger partial charge in [-0.3, -0.25) is 0 Å². The van der Waals surface area contributed by atoms with Gasteiger partial charge >= 0.3 is 0 Å². The van der Waals surface area contributed by atoms with Crippen molar-refractivity contribution in [3.63, 3.8) is 0 Å². The minimum Gasteiger partial charge on any atom is -0.497 e. The summed E-state index contributed by atoms with van der Waals surface area (Å²) in [4.78, 5) is 6.18. The summed E-state index contributed by atoms with van der Waals surface area (Å²) in [5.41, 5.74) is 6.78. The van der Waals surface area contributed by atoms with Crippen molar-refractivity contribution in [2.75, 3.05) is 7.11 Å². The van der Waals surface area contributed by atoms with Gasteiger partial charge in [-0.2, -0.15) is 5.10 Å². The van der Waals surface area contributed by atoms with Gasteiger partial charge in [0.2, 0.25) is 0 Å². The first-order valence-corrected chi connectivity index (χ1v) is 10.8. The number of nitrogens with zero attached hydrogens (tertiary/aromatic N) is 3. The fourth-order valence-electron chi connectivity index (χ4n) is 3.90. The van der Waals surface area contributed by atoms with Gasteiger partial charge in [-0.05, 0) is 74.4 Å². The van der Waals surface area contributed by atoms with Gasteiger partial charge in [0.15, 0.2) is 5.65 Å². The van der Waals surface area contributed by atoms with Crippen LogP contribution in [-0.4, -0.2) is 21.7 Å². The summed E-state index contributed by atoms with van der Waals surface area (Å²) in [6.45, 7) is 8.60. The van der Waals surface area contributed by atoms with E-state index in [0.29, 0.717) is 0 Å². The number of rotatable bonds is 6. The average molecular weight is 394 g/mol. The molecule has 0 aliphatic heterocycles. The number of ether oxygens (including phenoxy) is 1. The molecule has 0 N–H and O–H groups in total. The van der Waals surface area contributed by atoms with E-state index in [9.17, 15) is 0 Å². The van der Waals surface area contributed by atoms with Gasteiger partial charge in [0, 0.05) is 4.70 Å². The van der Waals surface area contributed by atoms with E-state index in [-0.39, 0.29) is 0 Å². The highest BCUT2D eigenvalue weighted by Gasteiger charge is 2.20. The van der Waals surface area contributed by atoms with Crippen LogP contribution in [0.1, 0.15) is 48.7 Å². The lowest BCUT2D eigenvalue weighted by Gasteiger charge is -2.07. The molecule has 0 radical (unpaired) electrons. The predicted molar refractivity (Wildman–Crippen MR) is 118 cm³/mol. The fourth-order valence-corrected chi connectivity index (χ4v) is 5.22. The van der Waals surface area contributed by atoms with E-state index in [0.717, 1.165) is 34.9 Å². The SMILES string of the molecule is CCCCCc1cc(C)nn2c(-c3sc4cc(OC)ccc4c3C)c(C)nc12. The smallest absolute Gasteiger partial charge is 0.157 e. The molecule has 1 aromatic carbocycles. The van der Waals surface area contributed by atoms with Gasteiger partial charge in [0.1, 0.15) is 11.4 Å². The van der Waals surface area contributed by atoms with Crippen LogP contribution < -0.4 is 4.74 Å². The summed E-state index contributed by atoms with van der Waals surface area (Å²) < 4.78 is 8.71. The van der Waals surface area contributed by atoms with Crippen LogP contribution in [0, 0.1) is 20.8 Å². The summed E-state index contributed by atoms with van der Waals surface area (Å²) in [6.07, 6.45) is 4.72. The molecule has 28 heavy (non-hydrogen) atoms.